The maximum Gasteiger partial charge on any atom is 0.306 e. The molecule has 0 spiro atoms. The summed E-state index contributed by atoms with van der Waals surface area (Å²) in [6.07, 6.45) is -0.770. The third-order valence-electron chi connectivity index (χ3n) is 3.93. The first kappa shape index (κ1) is 21.1. The highest BCUT2D eigenvalue weighted by Crippen LogP contribution is 2.28. The van der Waals surface area contributed by atoms with Gasteiger partial charge in [0.25, 0.3) is 5.91 Å². The fourth-order valence-corrected chi connectivity index (χ4v) is 2.42. The molecule has 1 N–H and O–H groups in total. The van der Waals surface area contributed by atoms with Crippen LogP contribution in [0.25, 0.3) is 0 Å². The Labute approximate surface area is 161 Å². The predicted octanol–water partition coefficient (Wildman–Crippen LogP) is 3.49. The third-order valence-corrected chi connectivity index (χ3v) is 3.93. The van der Waals surface area contributed by atoms with Gasteiger partial charge < -0.3 is 19.5 Å². The van der Waals surface area contributed by atoms with Crippen molar-refractivity contribution in [3.8, 4) is 11.5 Å². The second-order valence-corrected chi connectivity index (χ2v) is 5.93. The number of amides is 1. The van der Waals surface area contributed by atoms with Gasteiger partial charge in [0.1, 0.15) is 11.6 Å². The summed E-state index contributed by atoms with van der Waals surface area (Å²) in [5.41, 5.74) is 0.506. The van der Waals surface area contributed by atoms with Gasteiger partial charge in [-0.1, -0.05) is 6.07 Å². The Bertz CT molecular complexity index is 856. The first-order valence-electron chi connectivity index (χ1n) is 8.50. The van der Waals surface area contributed by atoms with Crippen LogP contribution in [0.15, 0.2) is 36.4 Å². The summed E-state index contributed by atoms with van der Waals surface area (Å²) in [5.74, 6) is -1.74. The van der Waals surface area contributed by atoms with E-state index in [1.165, 1.54) is 21.1 Å². The largest absolute Gasteiger partial charge is 0.493 e. The molecule has 0 radical (unpaired) electrons. The van der Waals surface area contributed by atoms with Crippen LogP contribution in [0, 0.1) is 11.6 Å². The highest BCUT2D eigenvalue weighted by molar-refractivity contribution is 5.95. The SMILES string of the molecule is COc1ccc(CCC(=O)O[C@H](C)C(=O)Nc2cc(F)ccc2F)cc1OC. The van der Waals surface area contributed by atoms with Gasteiger partial charge in [0.2, 0.25) is 0 Å². The van der Waals surface area contributed by atoms with Gasteiger partial charge >= 0.3 is 5.97 Å². The summed E-state index contributed by atoms with van der Waals surface area (Å²) in [4.78, 5) is 24.0. The number of methoxy groups -OCH3 is 2. The lowest BCUT2D eigenvalue weighted by Gasteiger charge is -2.14. The lowest BCUT2D eigenvalue weighted by atomic mass is 10.1. The molecule has 8 heteroatoms. The molecule has 0 bridgehead atoms. The third kappa shape index (κ3) is 5.67. The second-order valence-electron chi connectivity index (χ2n) is 5.93. The number of halogens is 2. The van der Waals surface area contributed by atoms with Crippen LogP contribution in [0.1, 0.15) is 18.9 Å². The summed E-state index contributed by atoms with van der Waals surface area (Å²) in [6.45, 7) is 1.35. The maximum atomic E-state index is 13.6. The molecule has 1 amide bonds. The molecule has 0 unspecified atom stereocenters. The molecule has 2 rings (SSSR count). The quantitative estimate of drug-likeness (QED) is 0.695. The van der Waals surface area contributed by atoms with Crippen molar-refractivity contribution in [2.45, 2.75) is 25.9 Å². The number of hydrogen-bond donors (Lipinski definition) is 1. The van der Waals surface area contributed by atoms with E-state index in [1.54, 1.807) is 18.2 Å². The molecule has 0 aliphatic heterocycles. The average Bonchev–Trinajstić information content (AvgIpc) is 2.68. The number of benzene rings is 2. The molecule has 0 aliphatic carbocycles. The molecule has 28 heavy (non-hydrogen) atoms. The Morgan fingerprint density at radius 1 is 1.04 bits per heavy atom. The van der Waals surface area contributed by atoms with E-state index in [0.29, 0.717) is 17.9 Å². The van der Waals surface area contributed by atoms with Gasteiger partial charge in [-0.2, -0.15) is 0 Å². The molecule has 1 atom stereocenters. The van der Waals surface area contributed by atoms with Crippen LogP contribution in [-0.2, 0) is 20.7 Å². The molecular formula is C20H21F2NO5. The molecule has 2 aromatic rings. The maximum absolute atomic E-state index is 13.6. The molecule has 0 saturated heterocycles. The molecule has 2 aromatic carbocycles. The van der Waals surface area contributed by atoms with Gasteiger partial charge in [-0.25, -0.2) is 8.78 Å². The Balaban J connectivity index is 1.88. The van der Waals surface area contributed by atoms with Gasteiger partial charge in [0, 0.05) is 12.5 Å². The molecule has 0 saturated carbocycles. The van der Waals surface area contributed by atoms with E-state index in [1.807, 2.05) is 0 Å². The summed E-state index contributed by atoms with van der Waals surface area (Å²) >= 11 is 0. The lowest BCUT2D eigenvalue weighted by Crippen LogP contribution is -2.30. The molecule has 150 valence electrons. The first-order chi connectivity index (χ1) is 13.3. The number of esters is 1. The predicted molar refractivity (Wildman–Crippen MR) is 98.4 cm³/mol. The minimum Gasteiger partial charge on any atom is -0.493 e. The minimum atomic E-state index is -1.17. The van der Waals surface area contributed by atoms with E-state index in [0.717, 1.165) is 23.8 Å². The lowest BCUT2D eigenvalue weighted by molar-refractivity contribution is -0.153. The van der Waals surface area contributed by atoms with E-state index in [2.05, 4.69) is 5.32 Å². The van der Waals surface area contributed by atoms with Gasteiger partial charge in [-0.05, 0) is 43.2 Å². The van der Waals surface area contributed by atoms with Crippen molar-refractivity contribution in [3.05, 3.63) is 53.6 Å². The van der Waals surface area contributed by atoms with E-state index >= 15 is 0 Å². The fourth-order valence-electron chi connectivity index (χ4n) is 2.42. The van der Waals surface area contributed by atoms with Crippen LogP contribution in [0.4, 0.5) is 14.5 Å². The summed E-state index contributed by atoms with van der Waals surface area (Å²) in [5, 5.41) is 2.20. The highest BCUT2D eigenvalue weighted by atomic mass is 19.1. The normalized spacial score (nSPS) is 11.5. The smallest absolute Gasteiger partial charge is 0.306 e. The van der Waals surface area contributed by atoms with Gasteiger partial charge in [0.05, 0.1) is 19.9 Å². The Kier molecular flexibility index (Phi) is 7.31. The Morgan fingerprint density at radius 3 is 2.43 bits per heavy atom. The van der Waals surface area contributed by atoms with E-state index in [-0.39, 0.29) is 12.1 Å². The number of nitrogens with one attached hydrogen (secondary N) is 1. The zero-order valence-corrected chi connectivity index (χ0v) is 15.8. The van der Waals surface area contributed by atoms with Crippen molar-refractivity contribution in [2.24, 2.45) is 0 Å². The Hall–Kier alpha value is -3.16. The second kappa shape index (κ2) is 9.68. The molecule has 0 heterocycles. The molecule has 6 nitrogen and oxygen atoms in total. The number of anilines is 1. The van der Waals surface area contributed by atoms with Gasteiger partial charge in [-0.3, -0.25) is 9.59 Å². The number of aryl methyl sites for hydroxylation is 1. The Morgan fingerprint density at radius 2 is 1.75 bits per heavy atom. The standard InChI is InChI=1S/C20H21F2NO5/c1-12(20(25)23-16-11-14(21)6-7-15(16)22)28-19(24)9-5-13-4-8-17(26-2)18(10-13)27-3/h4,6-8,10-12H,5,9H2,1-3H3,(H,23,25)/t12-/m1/s1. The molecule has 0 aromatic heterocycles. The van der Waals surface area contributed by atoms with Crippen molar-refractivity contribution in [2.75, 3.05) is 19.5 Å². The minimum absolute atomic E-state index is 0.0292. The molecule has 0 aliphatic rings. The number of carbonyl (C=O) groups excluding carboxylic acids is 2. The number of hydrogen-bond acceptors (Lipinski definition) is 5. The van der Waals surface area contributed by atoms with Gasteiger partial charge in [-0.15, -0.1) is 0 Å². The van der Waals surface area contributed by atoms with E-state index < -0.39 is 29.6 Å². The van der Waals surface area contributed by atoms with E-state index in [9.17, 15) is 18.4 Å². The number of carbonyl (C=O) groups is 2. The van der Waals surface area contributed by atoms with Crippen molar-refractivity contribution < 1.29 is 32.6 Å². The van der Waals surface area contributed by atoms with Crippen LogP contribution in [0.5, 0.6) is 11.5 Å². The molecular weight excluding hydrogens is 372 g/mol. The highest BCUT2D eigenvalue weighted by Gasteiger charge is 2.19. The zero-order chi connectivity index (χ0) is 20.7. The zero-order valence-electron chi connectivity index (χ0n) is 15.8. The topological polar surface area (TPSA) is 73.9 Å². The van der Waals surface area contributed by atoms with Gasteiger partial charge in [0.15, 0.2) is 17.6 Å². The summed E-state index contributed by atoms with van der Waals surface area (Å²) in [6, 6.07) is 7.93. The number of rotatable bonds is 8. The monoisotopic (exact) mass is 393 g/mol. The van der Waals surface area contributed by atoms with Crippen molar-refractivity contribution in [3.63, 3.8) is 0 Å². The van der Waals surface area contributed by atoms with E-state index in [4.69, 9.17) is 14.2 Å². The molecule has 0 fully saturated rings. The average molecular weight is 393 g/mol. The first-order valence-corrected chi connectivity index (χ1v) is 8.50. The van der Waals surface area contributed by atoms with Crippen LogP contribution in [-0.4, -0.2) is 32.2 Å². The van der Waals surface area contributed by atoms with Crippen LogP contribution >= 0.6 is 0 Å². The fraction of sp³-hybridized carbons (Fsp3) is 0.300. The van der Waals surface area contributed by atoms with Crippen LogP contribution < -0.4 is 14.8 Å². The van der Waals surface area contributed by atoms with Crippen molar-refractivity contribution >= 4 is 17.6 Å². The summed E-state index contributed by atoms with van der Waals surface area (Å²) < 4.78 is 42.1. The summed E-state index contributed by atoms with van der Waals surface area (Å²) in [7, 11) is 3.04. The van der Waals surface area contributed by atoms with Crippen LogP contribution in [0.3, 0.4) is 0 Å². The van der Waals surface area contributed by atoms with Crippen LogP contribution in [0.2, 0.25) is 0 Å². The number of ether oxygens (including phenoxy) is 3. The van der Waals surface area contributed by atoms with Crippen molar-refractivity contribution in [1.29, 1.82) is 0 Å². The van der Waals surface area contributed by atoms with Crippen molar-refractivity contribution in [1.82, 2.24) is 0 Å².